The van der Waals surface area contributed by atoms with Gasteiger partial charge in [-0.25, -0.2) is 0 Å². The molecule has 41 nitrogen and oxygen atoms in total. The Kier molecular flexibility index (Phi) is 29.8. The smallest absolute Gasteiger partial charge is 0.756 e. The second-order valence-corrected chi connectivity index (χ2v) is 23.2. The van der Waals surface area contributed by atoms with Crippen LogP contribution in [-0.4, -0.2) is 368 Å². The molecule has 21 aliphatic heterocycles. The minimum Gasteiger partial charge on any atom is -0.756 e. The van der Waals surface area contributed by atoms with Crippen LogP contribution in [0.1, 0.15) is 0 Å². The largest absolute Gasteiger partial charge is 1.00 e. The van der Waals surface area contributed by atoms with Gasteiger partial charge in [0.15, 0.2) is 44.0 Å². The molecule has 21 saturated heterocycles. The molecule has 496 valence electrons. The minimum absolute atomic E-state index is 0. The maximum atomic E-state index is 11.8. The number of phosphoric ester groups is 2. The zero-order chi connectivity index (χ0) is 62.5. The summed E-state index contributed by atoms with van der Waals surface area (Å²) < 4.78 is 112. The summed E-state index contributed by atoms with van der Waals surface area (Å²) in [6.45, 7) is -8.51. The molecule has 21 rings (SSSR count). The molecule has 0 aromatic rings. The summed E-state index contributed by atoms with van der Waals surface area (Å²) in [5.41, 5.74) is 0. The minimum atomic E-state index is -5.71. The average Bonchev–Trinajstić information content (AvgIpc) is 1.08. The first-order valence-electron chi connectivity index (χ1n) is 26.1. The molecule has 14 bridgehead atoms. The fourth-order valence-corrected chi connectivity index (χ4v) is 11.4. The van der Waals surface area contributed by atoms with E-state index in [1.165, 1.54) is 0 Å². The normalized spacial score (nSPS) is 51.6. The van der Waals surface area contributed by atoms with E-state index in [1.807, 2.05) is 0 Å². The van der Waals surface area contributed by atoms with Crippen molar-refractivity contribution in [2.24, 2.45) is 0 Å². The van der Waals surface area contributed by atoms with E-state index in [9.17, 15) is 126 Å². The van der Waals surface area contributed by atoms with Crippen LogP contribution in [0.2, 0.25) is 0 Å². The molecule has 0 aliphatic carbocycles. The first kappa shape index (κ1) is 78.2. The number of hydrogen-bond acceptors (Lipinski definition) is 39. The predicted molar refractivity (Wildman–Crippen MR) is 246 cm³/mol. The second kappa shape index (κ2) is 33.1. The van der Waals surface area contributed by atoms with Crippen LogP contribution in [0.4, 0.5) is 0 Å². The standard InChI is InChI=1S/C42H72O41P2.2K/c43-1-8-29-15(48)22(55)36(70-8)78-30-9(2-44)73-39(25(58)18(30)51)82-34-13(6-68-84(62,63)64)76-42(28(61)21(34)54)81-33-12(5-47)72-38(24(57)17(33)50)79-31-10(3-45)74-40(26(59)19(31)52)83-35-14(7-69-85(65,66)67)75-41(27(60)20(35)53)80-32-11(4-46)71-37(77-29)23(56)16(32)49;;/h8-61H,1-7H2,(H2,62,63,64)(H2,65,66,67);;/q;2*+1/p-2/t8-,9-,10-,11-,12-,13-,14-,15-,16-,17-,18-,19-,20-,21-,22-,23-,24-,25-,26-,27-,28-,29-,30-,31-,32-,33-,34-,35-,36-,37-,38-,39-,40-,41-,42-;;/m1../s1. The summed E-state index contributed by atoms with van der Waals surface area (Å²) >= 11 is 0. The summed E-state index contributed by atoms with van der Waals surface area (Å²) in [6, 6.07) is 0. The third-order valence-corrected chi connectivity index (χ3v) is 16.2. The molecule has 0 aromatic carbocycles. The van der Waals surface area contributed by atoms with Crippen molar-refractivity contribution in [2.45, 2.75) is 215 Å². The molecule has 21 N–H and O–H groups in total. The van der Waals surface area contributed by atoms with Crippen LogP contribution in [0, 0.1) is 0 Å². The van der Waals surface area contributed by atoms with Crippen LogP contribution in [0.3, 0.4) is 0 Å². The first-order valence-corrected chi connectivity index (χ1v) is 29.1. The Hall–Kier alpha value is 2.17. The van der Waals surface area contributed by atoms with Gasteiger partial charge in [0.1, 0.15) is 171 Å². The Balaban J connectivity index is 0.00000605. The molecule has 21 heterocycles. The van der Waals surface area contributed by atoms with Gasteiger partial charge in [-0.2, -0.15) is 0 Å². The number of ether oxygens (including phenoxy) is 14. The molecule has 2 unspecified atom stereocenters. The van der Waals surface area contributed by atoms with E-state index < -0.39 is 277 Å². The van der Waals surface area contributed by atoms with Crippen molar-refractivity contribution in [3.8, 4) is 0 Å². The third kappa shape index (κ3) is 17.7. The van der Waals surface area contributed by atoms with Gasteiger partial charge < -0.3 is 192 Å². The van der Waals surface area contributed by atoms with Gasteiger partial charge in [-0.1, -0.05) is 0 Å². The van der Waals surface area contributed by atoms with Crippen LogP contribution in [0.5, 0.6) is 0 Å². The zero-order valence-corrected chi connectivity index (χ0v) is 53.6. The molecule has 87 heavy (non-hydrogen) atoms. The van der Waals surface area contributed by atoms with Crippen LogP contribution in [0.15, 0.2) is 0 Å². The van der Waals surface area contributed by atoms with Gasteiger partial charge in [0.05, 0.1) is 46.2 Å². The Labute approximate surface area is 575 Å². The topological polar surface area (TPSA) is 653 Å². The van der Waals surface area contributed by atoms with Crippen molar-refractivity contribution in [3.05, 3.63) is 0 Å². The molecule has 0 spiro atoms. The third-order valence-electron chi connectivity index (χ3n) is 15.2. The Bertz CT molecular complexity index is 2180. The molecule has 0 radical (unpaired) electrons. The summed E-state index contributed by atoms with van der Waals surface area (Å²) in [5, 5.41) is 211. The summed E-state index contributed by atoms with van der Waals surface area (Å²) in [6.07, 6.45) is -76.7. The van der Waals surface area contributed by atoms with Gasteiger partial charge >= 0.3 is 103 Å². The van der Waals surface area contributed by atoms with Gasteiger partial charge in [0.25, 0.3) is 15.6 Å². The van der Waals surface area contributed by atoms with Gasteiger partial charge in [-0.3, -0.25) is 9.13 Å². The van der Waals surface area contributed by atoms with Gasteiger partial charge in [0, 0.05) is 0 Å². The average molecular weight is 1370 g/mol. The Morgan fingerprint density at radius 1 is 0.264 bits per heavy atom. The van der Waals surface area contributed by atoms with Crippen molar-refractivity contribution in [1.82, 2.24) is 0 Å². The van der Waals surface area contributed by atoms with Gasteiger partial charge in [0.2, 0.25) is 0 Å². The molecular weight excluding hydrogens is 1300 g/mol. The van der Waals surface area contributed by atoms with E-state index in [0.717, 1.165) is 0 Å². The SMILES string of the molecule is O=P([O-])(O)OC[C@H]1O[C@@H]2O[C@H]3[C@H](O)[C@@H](O)[C@@H](O[C@H]4[C@H](O)[C@@H](O)[C@@H](O[C@H]5[C@H](O)[C@@H](O)[C@@H](O[C@H]6[C@H](O)[C@@H](O)[C@@H](O[C@H]7[C@H](O)[C@@H](O)[C@@H](O[C@H]8[C@H](O)[C@@H](O)[C@@H](O[C@H]1[C@H](O)[C@H]2O)O[C@@H]8CO)O[C@@H]7CO)O[C@@H]6CO)O[C@@H]5COP(=O)([O-])O)O[C@@H]4CO)O[C@@H]3CO.[K+].[K+]. The van der Waals surface area contributed by atoms with E-state index in [4.69, 9.17) is 66.3 Å². The van der Waals surface area contributed by atoms with Crippen LogP contribution in [-0.2, 0) is 84.5 Å². The van der Waals surface area contributed by atoms with Gasteiger partial charge in [-0.05, 0) is 0 Å². The van der Waals surface area contributed by atoms with Crippen molar-refractivity contribution in [2.75, 3.05) is 46.2 Å². The first-order chi connectivity index (χ1) is 39.9. The number of rotatable bonds is 11. The van der Waals surface area contributed by atoms with Crippen molar-refractivity contribution in [3.63, 3.8) is 0 Å². The maximum absolute atomic E-state index is 11.8. The van der Waals surface area contributed by atoms with E-state index in [-0.39, 0.29) is 103 Å². The molecule has 21 aliphatic rings. The molecule has 0 saturated carbocycles. The summed E-state index contributed by atoms with van der Waals surface area (Å²) in [7, 11) is -11.4. The number of hydrogen-bond donors (Lipinski definition) is 21. The fourth-order valence-electron chi connectivity index (χ4n) is 10.7. The van der Waals surface area contributed by atoms with Crippen LogP contribution < -0.4 is 113 Å². The molecule has 0 aromatic heterocycles. The summed E-state index contributed by atoms with van der Waals surface area (Å²) in [5.74, 6) is 0. The van der Waals surface area contributed by atoms with Crippen LogP contribution >= 0.6 is 15.6 Å². The second-order valence-electron chi connectivity index (χ2n) is 20.8. The zero-order valence-electron chi connectivity index (χ0n) is 45.6. The molecule has 45 heteroatoms. The molecule has 0 amide bonds. The van der Waals surface area contributed by atoms with Crippen LogP contribution in [0.25, 0.3) is 0 Å². The molecule has 21 fully saturated rings. The number of phosphoric acid groups is 2. The van der Waals surface area contributed by atoms with Crippen molar-refractivity contribution >= 4 is 15.6 Å². The van der Waals surface area contributed by atoms with Crippen molar-refractivity contribution in [1.29, 1.82) is 0 Å². The number of aliphatic hydroxyl groups excluding tert-OH is 19. The van der Waals surface area contributed by atoms with E-state index in [0.29, 0.717) is 0 Å². The van der Waals surface area contributed by atoms with E-state index >= 15 is 0 Å². The Morgan fingerprint density at radius 3 is 0.540 bits per heavy atom. The number of aliphatic hydroxyl groups is 19. The molecular formula is C42H70K2O41P2. The monoisotopic (exact) mass is 1370 g/mol. The van der Waals surface area contributed by atoms with E-state index in [2.05, 4.69) is 9.05 Å². The van der Waals surface area contributed by atoms with Crippen molar-refractivity contribution < 1.29 is 304 Å². The fraction of sp³-hybridized carbons (Fsp3) is 1.00. The van der Waals surface area contributed by atoms with Gasteiger partial charge in [-0.15, -0.1) is 0 Å². The quantitative estimate of drug-likeness (QED) is 0.0675. The predicted octanol–water partition coefficient (Wildman–Crippen LogP) is -22.3. The van der Waals surface area contributed by atoms with E-state index in [1.54, 1.807) is 0 Å². The Morgan fingerprint density at radius 2 is 0.402 bits per heavy atom. The molecule has 37 atom stereocenters. The summed E-state index contributed by atoms with van der Waals surface area (Å²) in [4.78, 5) is 42.5. The maximum Gasteiger partial charge on any atom is 1.00 e.